The predicted octanol–water partition coefficient (Wildman–Crippen LogP) is 6.30. The molecule has 6 atom stereocenters. The summed E-state index contributed by atoms with van der Waals surface area (Å²) in [6, 6.07) is 0. The third-order valence-corrected chi connectivity index (χ3v) is 12.2. The molecule has 0 aromatic rings. The molecule has 0 bridgehead atoms. The Kier molecular flexibility index (Phi) is 34.1. The summed E-state index contributed by atoms with van der Waals surface area (Å²) in [7, 11) is -7.59. The van der Waals surface area contributed by atoms with Crippen molar-refractivity contribution in [3.63, 3.8) is 0 Å². The number of aliphatic hydroxyl groups excluding tert-OH is 4. The summed E-state index contributed by atoms with van der Waals surface area (Å²) in [5, 5.41) is 45.9. The number of hydrogen-bond acceptors (Lipinski definition) is 13. The minimum Gasteiger partial charge on any atom is -0.469 e. The highest BCUT2D eigenvalue weighted by molar-refractivity contribution is 7.86. The van der Waals surface area contributed by atoms with Gasteiger partial charge >= 0.3 is 11.9 Å². The maximum atomic E-state index is 11.6. The summed E-state index contributed by atoms with van der Waals surface area (Å²) in [6.07, 6.45) is 12.6. The number of rotatable bonds is 34. The van der Waals surface area contributed by atoms with Crippen molar-refractivity contribution in [2.45, 2.75) is 216 Å². The fraction of sp³-hybridized carbons (Fsp3) is 0.946. The molecule has 0 aliphatic rings. The van der Waals surface area contributed by atoms with Crippen LogP contribution in [-0.4, -0.2) is 106 Å². The van der Waals surface area contributed by atoms with Gasteiger partial charge in [0.15, 0.2) is 0 Å². The fourth-order valence-corrected chi connectivity index (χ4v) is 8.18. The van der Waals surface area contributed by atoms with Gasteiger partial charge in [0, 0.05) is 12.8 Å². The average molecular weight is 823 g/mol. The van der Waals surface area contributed by atoms with Gasteiger partial charge in [0.25, 0.3) is 20.2 Å². The van der Waals surface area contributed by atoms with Crippen molar-refractivity contribution >= 4 is 32.2 Å². The summed E-state index contributed by atoms with van der Waals surface area (Å²) < 4.78 is 69.7. The number of ether oxygens (including phenoxy) is 1. The molecule has 324 valence electrons. The molecule has 0 saturated heterocycles. The maximum Gasteiger partial charge on any atom is 0.342 e. The number of aliphatic hydroxyl groups is 4. The summed E-state index contributed by atoms with van der Waals surface area (Å²) in [5.41, 5.74) is 0. The van der Waals surface area contributed by atoms with Gasteiger partial charge in [-0.3, -0.25) is 13.9 Å². The van der Waals surface area contributed by atoms with E-state index in [1.165, 1.54) is 13.5 Å². The lowest BCUT2D eigenvalue weighted by atomic mass is 9.99. The first-order chi connectivity index (χ1) is 25.5. The van der Waals surface area contributed by atoms with Crippen LogP contribution in [0.5, 0.6) is 0 Å². The minimum atomic E-state index is -4.48. The predicted molar refractivity (Wildman–Crippen MR) is 207 cm³/mol. The van der Waals surface area contributed by atoms with Crippen LogP contribution in [0, 0.1) is 0 Å². The van der Waals surface area contributed by atoms with Gasteiger partial charge < -0.3 is 30.1 Å². The van der Waals surface area contributed by atoms with Crippen LogP contribution in [0.15, 0.2) is 0 Å². The first-order valence-corrected chi connectivity index (χ1v) is 23.0. The Hall–Kier alpha value is -1.44. The van der Waals surface area contributed by atoms with Crippen molar-refractivity contribution in [1.82, 2.24) is 0 Å². The van der Waals surface area contributed by atoms with Gasteiger partial charge in [-0.05, 0) is 38.5 Å². The largest absolute Gasteiger partial charge is 0.469 e. The third kappa shape index (κ3) is 29.8. The number of methoxy groups -OCH3 is 1. The molecule has 6 unspecified atom stereocenters. The molecule has 0 aliphatic heterocycles. The number of esters is 1. The van der Waals surface area contributed by atoms with Crippen molar-refractivity contribution in [1.29, 1.82) is 0 Å². The van der Waals surface area contributed by atoms with Crippen LogP contribution in [0.4, 0.5) is 0 Å². The van der Waals surface area contributed by atoms with Crippen molar-refractivity contribution in [2.24, 2.45) is 0 Å². The minimum absolute atomic E-state index is 0.0258. The van der Waals surface area contributed by atoms with Crippen LogP contribution < -0.4 is 0 Å². The molecule has 0 rings (SSSR count). The van der Waals surface area contributed by atoms with E-state index in [9.17, 15) is 56.0 Å². The molecule has 0 aromatic heterocycles. The monoisotopic (exact) mass is 822 g/mol. The molecule has 7 N–H and O–H groups in total. The lowest BCUT2D eigenvalue weighted by molar-refractivity contribution is -0.234. The van der Waals surface area contributed by atoms with Gasteiger partial charge in [-0.15, -0.1) is 0 Å². The average Bonchev–Trinajstić information content (AvgIpc) is 3.11. The summed E-state index contributed by atoms with van der Waals surface area (Å²) in [4.78, 5) is 25.3. The molecule has 0 saturated carbocycles. The molecule has 0 spiro atoms. The molecule has 0 fully saturated rings. The molecule has 0 heterocycles. The second-order valence-corrected chi connectivity index (χ2v) is 17.6. The van der Waals surface area contributed by atoms with E-state index in [-0.39, 0.29) is 25.2 Å². The lowest BCUT2D eigenvalue weighted by Gasteiger charge is -2.24. The topological polar surface area (TPSA) is 262 Å². The van der Waals surface area contributed by atoms with E-state index in [2.05, 4.69) is 23.5 Å². The SMILES string of the molecule is CCCCCCCCC(O)C(O)C(CCCCCCC(=O)OC)S(=O)(=O)O.CCCCCCCCC(O)C(O)C(CCCCCCC(=O)OO)S(=O)(=O)O. The van der Waals surface area contributed by atoms with Crippen LogP contribution in [0.1, 0.15) is 181 Å². The van der Waals surface area contributed by atoms with Gasteiger partial charge in [0.05, 0.1) is 31.5 Å². The second-order valence-electron chi connectivity index (χ2n) is 14.3. The van der Waals surface area contributed by atoms with Gasteiger partial charge in [-0.2, -0.15) is 22.1 Å². The highest BCUT2D eigenvalue weighted by atomic mass is 32.2. The van der Waals surface area contributed by atoms with E-state index in [0.29, 0.717) is 77.0 Å². The van der Waals surface area contributed by atoms with Gasteiger partial charge in [0.2, 0.25) is 0 Å². The van der Waals surface area contributed by atoms with Crippen LogP contribution in [0.2, 0.25) is 0 Å². The normalized spacial score (nSPS) is 15.3. The molecular formula is C37H74O15S2. The van der Waals surface area contributed by atoms with E-state index < -0.39 is 61.1 Å². The third-order valence-electron chi connectivity index (χ3n) is 9.59. The second kappa shape index (κ2) is 33.7. The maximum absolute atomic E-state index is 11.6. The van der Waals surface area contributed by atoms with E-state index >= 15 is 0 Å². The summed E-state index contributed by atoms with van der Waals surface area (Å²) in [6.45, 7) is 4.26. The Morgan fingerprint density at radius 1 is 0.481 bits per heavy atom. The number of carbonyl (C=O) groups excluding carboxylic acids is 2. The molecule has 0 radical (unpaired) electrons. The summed E-state index contributed by atoms with van der Waals surface area (Å²) >= 11 is 0. The van der Waals surface area contributed by atoms with Gasteiger partial charge in [-0.25, -0.2) is 4.79 Å². The summed E-state index contributed by atoms with van der Waals surface area (Å²) in [5.74, 6) is -1.00. The molecule has 15 nitrogen and oxygen atoms in total. The Bertz CT molecular complexity index is 1050. The molecule has 0 aromatic carbocycles. The number of unbranched alkanes of at least 4 members (excludes halogenated alkanes) is 16. The first kappa shape index (κ1) is 54.7. The van der Waals surface area contributed by atoms with Gasteiger partial charge in [0.1, 0.15) is 10.5 Å². The fourth-order valence-electron chi connectivity index (χ4n) is 6.18. The Morgan fingerprint density at radius 3 is 1.09 bits per heavy atom. The molecule has 0 amide bonds. The van der Waals surface area contributed by atoms with Crippen LogP contribution in [-0.2, 0) is 39.4 Å². The van der Waals surface area contributed by atoms with Crippen molar-refractivity contribution in [2.75, 3.05) is 7.11 Å². The zero-order valence-electron chi connectivity index (χ0n) is 33.1. The molecule has 0 aliphatic carbocycles. The first-order valence-electron chi connectivity index (χ1n) is 20.0. The number of carbonyl (C=O) groups is 2. The molecule has 17 heteroatoms. The molecule has 54 heavy (non-hydrogen) atoms. The molecular weight excluding hydrogens is 749 g/mol. The zero-order valence-corrected chi connectivity index (χ0v) is 34.7. The van der Waals surface area contributed by atoms with Crippen molar-refractivity contribution < 1.29 is 70.8 Å². The Labute approximate surface area is 325 Å². The van der Waals surface area contributed by atoms with Crippen LogP contribution in [0.25, 0.3) is 0 Å². The highest BCUT2D eigenvalue weighted by Gasteiger charge is 2.36. The quantitative estimate of drug-likeness (QED) is 0.0123. The van der Waals surface area contributed by atoms with E-state index in [4.69, 9.17) is 5.26 Å². The zero-order chi connectivity index (χ0) is 41.4. The van der Waals surface area contributed by atoms with Crippen LogP contribution >= 0.6 is 0 Å². The smallest absolute Gasteiger partial charge is 0.342 e. The van der Waals surface area contributed by atoms with E-state index in [1.807, 2.05) is 0 Å². The lowest BCUT2D eigenvalue weighted by Crippen LogP contribution is -2.42. The van der Waals surface area contributed by atoms with Gasteiger partial charge in [-0.1, -0.05) is 129 Å². The number of hydrogen-bond donors (Lipinski definition) is 7. The highest BCUT2D eigenvalue weighted by Crippen LogP contribution is 2.22. The van der Waals surface area contributed by atoms with Crippen molar-refractivity contribution in [3.8, 4) is 0 Å². The Morgan fingerprint density at radius 2 is 0.778 bits per heavy atom. The van der Waals surface area contributed by atoms with E-state index in [1.54, 1.807) is 0 Å². The Balaban J connectivity index is 0. The van der Waals surface area contributed by atoms with Crippen molar-refractivity contribution in [3.05, 3.63) is 0 Å². The standard InChI is InChI=1S/C19H38O7S.C18H36O8S/c1-3-4-5-6-7-10-13-16(20)19(22)17(27(23,24)25)14-11-8-9-12-15-18(21)26-2;1-2-3-4-5-6-9-12-15(19)18(21)16(27(23,24)25)13-10-7-8-11-14-17(20)26-22/h16-17,19-20,22H,3-15H2,1-2H3,(H,23,24,25);15-16,18-19,21-22H,2-14H2,1H3,(H,23,24,25). The van der Waals surface area contributed by atoms with E-state index in [0.717, 1.165) is 64.2 Å². The van der Waals surface area contributed by atoms with Crippen LogP contribution in [0.3, 0.4) is 0 Å².